The third-order valence-electron chi connectivity index (χ3n) is 2.10. The molecule has 0 aliphatic heterocycles. The van der Waals surface area contributed by atoms with E-state index in [0.717, 1.165) is 11.3 Å². The molecular formula is C11H12N4O. The lowest BCUT2D eigenvalue weighted by molar-refractivity contribution is 0.102. The summed E-state index contributed by atoms with van der Waals surface area (Å²) in [5.41, 5.74) is 2.43. The third-order valence-corrected chi connectivity index (χ3v) is 2.10. The minimum absolute atomic E-state index is 0.216. The van der Waals surface area contributed by atoms with Crippen molar-refractivity contribution in [2.75, 3.05) is 5.32 Å². The smallest absolute Gasteiger partial charge is 0.259 e. The molecule has 5 heteroatoms. The third kappa shape index (κ3) is 2.25. The minimum atomic E-state index is -0.216. The zero-order valence-corrected chi connectivity index (χ0v) is 9.11. The van der Waals surface area contributed by atoms with Crippen LogP contribution in [0, 0.1) is 13.8 Å². The number of hydrogen-bond donors (Lipinski definition) is 2. The summed E-state index contributed by atoms with van der Waals surface area (Å²) in [4.78, 5) is 15.9. The van der Waals surface area contributed by atoms with Crippen LogP contribution >= 0.6 is 0 Å². The van der Waals surface area contributed by atoms with Gasteiger partial charge in [0.05, 0.1) is 11.8 Å². The summed E-state index contributed by atoms with van der Waals surface area (Å²) in [7, 11) is 0. The maximum Gasteiger partial charge on any atom is 0.259 e. The molecule has 5 nitrogen and oxygen atoms in total. The second-order valence-corrected chi connectivity index (χ2v) is 3.61. The number of aromatic nitrogens is 3. The highest BCUT2D eigenvalue weighted by atomic mass is 16.1. The van der Waals surface area contributed by atoms with Crippen molar-refractivity contribution in [2.24, 2.45) is 0 Å². The monoisotopic (exact) mass is 216 g/mol. The Bertz CT molecular complexity index is 484. The number of nitrogens with one attached hydrogen (secondary N) is 2. The van der Waals surface area contributed by atoms with Crippen LogP contribution in [0.5, 0.6) is 0 Å². The van der Waals surface area contributed by atoms with E-state index < -0.39 is 0 Å². The zero-order chi connectivity index (χ0) is 11.5. The Kier molecular flexibility index (Phi) is 2.68. The fourth-order valence-corrected chi connectivity index (χ4v) is 1.47. The number of aromatic amines is 1. The van der Waals surface area contributed by atoms with Crippen LogP contribution in [-0.2, 0) is 0 Å². The number of anilines is 1. The summed E-state index contributed by atoms with van der Waals surface area (Å²) in [5.74, 6) is 0.343. The number of amides is 1. The van der Waals surface area contributed by atoms with E-state index in [1.54, 1.807) is 0 Å². The molecule has 2 aromatic heterocycles. The first kappa shape index (κ1) is 10.4. The molecule has 0 fully saturated rings. The molecule has 0 bridgehead atoms. The number of nitrogens with zero attached hydrogens (tertiary/aromatic N) is 2. The molecular weight excluding hydrogens is 204 g/mol. The molecule has 0 spiro atoms. The molecule has 0 saturated heterocycles. The van der Waals surface area contributed by atoms with Gasteiger partial charge in [-0.3, -0.25) is 9.89 Å². The van der Waals surface area contributed by atoms with E-state index in [9.17, 15) is 4.79 Å². The molecule has 82 valence electrons. The van der Waals surface area contributed by atoms with E-state index in [4.69, 9.17) is 0 Å². The standard InChI is InChI=1S/C11H12N4O/c1-7-3-8(2)14-10(4-7)15-11(16)9-5-12-13-6-9/h3-6H,1-2H3,(H,12,13)(H,14,15,16). The van der Waals surface area contributed by atoms with E-state index in [-0.39, 0.29) is 5.91 Å². The Morgan fingerprint density at radius 2 is 2.19 bits per heavy atom. The predicted octanol–water partition coefficient (Wildman–Crippen LogP) is 1.67. The Morgan fingerprint density at radius 1 is 1.38 bits per heavy atom. The van der Waals surface area contributed by atoms with Gasteiger partial charge in [0, 0.05) is 11.9 Å². The molecule has 1 amide bonds. The van der Waals surface area contributed by atoms with Crippen molar-refractivity contribution in [1.82, 2.24) is 15.2 Å². The number of aryl methyl sites for hydroxylation is 2. The number of pyridine rings is 1. The highest BCUT2D eigenvalue weighted by Crippen LogP contribution is 2.10. The SMILES string of the molecule is Cc1cc(C)nc(NC(=O)c2cn[nH]c2)c1. The largest absolute Gasteiger partial charge is 0.306 e. The Morgan fingerprint density at radius 3 is 2.81 bits per heavy atom. The average Bonchev–Trinajstić information content (AvgIpc) is 2.68. The topological polar surface area (TPSA) is 70.7 Å². The Hall–Kier alpha value is -2.17. The van der Waals surface area contributed by atoms with Gasteiger partial charge in [0.25, 0.3) is 5.91 Å². The van der Waals surface area contributed by atoms with E-state index in [1.165, 1.54) is 12.4 Å². The summed E-state index contributed by atoms with van der Waals surface area (Å²) in [5, 5.41) is 9.02. The fraction of sp³-hybridized carbons (Fsp3) is 0.182. The van der Waals surface area contributed by atoms with Gasteiger partial charge in [-0.15, -0.1) is 0 Å². The molecule has 0 radical (unpaired) electrons. The summed E-state index contributed by atoms with van der Waals surface area (Å²) in [6.07, 6.45) is 3.01. The number of rotatable bonds is 2. The van der Waals surface area contributed by atoms with Gasteiger partial charge in [-0.25, -0.2) is 4.98 Å². The first-order valence-corrected chi connectivity index (χ1v) is 4.90. The van der Waals surface area contributed by atoms with Crippen LogP contribution in [0.2, 0.25) is 0 Å². The van der Waals surface area contributed by atoms with Crippen molar-refractivity contribution < 1.29 is 4.79 Å². The Labute approximate surface area is 92.9 Å². The molecule has 2 N–H and O–H groups in total. The zero-order valence-electron chi connectivity index (χ0n) is 9.11. The molecule has 16 heavy (non-hydrogen) atoms. The van der Waals surface area contributed by atoms with Gasteiger partial charge in [0.2, 0.25) is 0 Å². The number of carbonyl (C=O) groups excluding carboxylic acids is 1. The second kappa shape index (κ2) is 4.14. The highest BCUT2D eigenvalue weighted by Gasteiger charge is 2.07. The van der Waals surface area contributed by atoms with Crippen molar-refractivity contribution in [1.29, 1.82) is 0 Å². The number of H-pyrrole nitrogens is 1. The maximum absolute atomic E-state index is 11.7. The summed E-state index contributed by atoms with van der Waals surface area (Å²) in [6, 6.07) is 3.78. The van der Waals surface area contributed by atoms with E-state index >= 15 is 0 Å². The Balaban J connectivity index is 2.18. The first-order valence-electron chi connectivity index (χ1n) is 4.90. The molecule has 0 unspecified atom stereocenters. The van der Waals surface area contributed by atoms with Gasteiger partial charge >= 0.3 is 0 Å². The van der Waals surface area contributed by atoms with Crippen LogP contribution in [0.25, 0.3) is 0 Å². The van der Waals surface area contributed by atoms with E-state index in [1.807, 2.05) is 26.0 Å². The van der Waals surface area contributed by atoms with E-state index in [2.05, 4.69) is 20.5 Å². The minimum Gasteiger partial charge on any atom is -0.306 e. The second-order valence-electron chi connectivity index (χ2n) is 3.61. The molecule has 2 aromatic rings. The normalized spacial score (nSPS) is 10.1. The summed E-state index contributed by atoms with van der Waals surface area (Å²) < 4.78 is 0. The van der Waals surface area contributed by atoms with Crippen LogP contribution in [0.15, 0.2) is 24.5 Å². The lowest BCUT2D eigenvalue weighted by Crippen LogP contribution is -2.12. The van der Waals surface area contributed by atoms with Gasteiger partial charge in [-0.05, 0) is 31.5 Å². The number of hydrogen-bond acceptors (Lipinski definition) is 3. The lowest BCUT2D eigenvalue weighted by Gasteiger charge is -2.04. The quantitative estimate of drug-likeness (QED) is 0.802. The van der Waals surface area contributed by atoms with Gasteiger partial charge in [0.15, 0.2) is 0 Å². The van der Waals surface area contributed by atoms with Crippen LogP contribution in [0.1, 0.15) is 21.6 Å². The first-order chi connectivity index (χ1) is 7.65. The van der Waals surface area contributed by atoms with Gasteiger partial charge < -0.3 is 5.32 Å². The average molecular weight is 216 g/mol. The maximum atomic E-state index is 11.7. The van der Waals surface area contributed by atoms with E-state index in [0.29, 0.717) is 11.4 Å². The van der Waals surface area contributed by atoms with Gasteiger partial charge in [0.1, 0.15) is 5.82 Å². The predicted molar refractivity (Wildman–Crippen MR) is 60.3 cm³/mol. The van der Waals surface area contributed by atoms with Crippen molar-refractivity contribution >= 4 is 11.7 Å². The molecule has 0 aliphatic carbocycles. The molecule has 0 aliphatic rings. The van der Waals surface area contributed by atoms with Crippen LogP contribution in [0.4, 0.5) is 5.82 Å². The van der Waals surface area contributed by atoms with Crippen molar-refractivity contribution in [3.63, 3.8) is 0 Å². The number of carbonyl (C=O) groups is 1. The van der Waals surface area contributed by atoms with Gasteiger partial charge in [-0.2, -0.15) is 5.10 Å². The molecule has 0 atom stereocenters. The fourth-order valence-electron chi connectivity index (χ4n) is 1.47. The van der Waals surface area contributed by atoms with Crippen LogP contribution in [-0.4, -0.2) is 21.1 Å². The molecule has 2 rings (SSSR count). The molecule has 0 saturated carbocycles. The summed E-state index contributed by atoms with van der Waals surface area (Å²) >= 11 is 0. The van der Waals surface area contributed by atoms with Crippen molar-refractivity contribution in [3.05, 3.63) is 41.3 Å². The summed E-state index contributed by atoms with van der Waals surface area (Å²) in [6.45, 7) is 3.85. The molecule has 2 heterocycles. The van der Waals surface area contributed by atoms with Crippen LogP contribution < -0.4 is 5.32 Å². The van der Waals surface area contributed by atoms with Crippen molar-refractivity contribution in [2.45, 2.75) is 13.8 Å². The lowest BCUT2D eigenvalue weighted by atomic mass is 10.2. The molecule has 0 aromatic carbocycles. The van der Waals surface area contributed by atoms with Gasteiger partial charge in [-0.1, -0.05) is 0 Å². The van der Waals surface area contributed by atoms with Crippen molar-refractivity contribution in [3.8, 4) is 0 Å². The highest BCUT2D eigenvalue weighted by molar-refractivity contribution is 6.03. The van der Waals surface area contributed by atoms with Crippen LogP contribution in [0.3, 0.4) is 0 Å².